The number of amides is 3. The molecule has 2 aromatic carbocycles. The van der Waals surface area contributed by atoms with E-state index in [0.717, 1.165) is 36.4 Å². The first-order valence-electron chi connectivity index (χ1n) is 8.73. The van der Waals surface area contributed by atoms with E-state index in [4.69, 9.17) is 0 Å². The number of allylic oxidation sites excluding steroid dienone is 1. The van der Waals surface area contributed by atoms with E-state index in [1.807, 2.05) is 0 Å². The molecule has 1 heterocycles. The molecule has 1 aliphatic rings. The maximum Gasteiger partial charge on any atom is 0.322 e. The number of carbonyl (C=O) groups is 2. The standard InChI is InChI=1S/C20H17F4N3O2/c1-3-27-10(2)16(19(28)25-11-7-8-12(21)15(24)9-11)18(26-20(27)29)17-13(22)5-4-6-14(17)23/h4-9,18H,3H2,1-2H3,(H,25,28)(H,26,29)/t18-/m1/s1. The maximum absolute atomic E-state index is 14.4. The van der Waals surface area contributed by atoms with E-state index in [9.17, 15) is 27.2 Å². The molecule has 3 amide bonds. The van der Waals surface area contributed by atoms with Crippen molar-refractivity contribution in [1.82, 2.24) is 10.2 Å². The number of nitrogens with one attached hydrogen (secondary N) is 2. The highest BCUT2D eigenvalue weighted by Gasteiger charge is 2.37. The minimum absolute atomic E-state index is 0.0538. The molecule has 0 spiro atoms. The second-order valence-corrected chi connectivity index (χ2v) is 6.34. The third-order valence-corrected chi connectivity index (χ3v) is 4.62. The van der Waals surface area contributed by atoms with E-state index in [2.05, 4.69) is 10.6 Å². The van der Waals surface area contributed by atoms with Crippen LogP contribution in [-0.2, 0) is 4.79 Å². The molecule has 9 heteroatoms. The molecule has 0 aromatic heterocycles. The maximum atomic E-state index is 14.4. The Labute approximate surface area is 164 Å². The van der Waals surface area contributed by atoms with Crippen LogP contribution in [-0.4, -0.2) is 23.4 Å². The van der Waals surface area contributed by atoms with E-state index in [0.29, 0.717) is 0 Å². The lowest BCUT2D eigenvalue weighted by molar-refractivity contribution is -0.113. The molecule has 0 saturated heterocycles. The van der Waals surface area contributed by atoms with E-state index < -0.39 is 46.8 Å². The van der Waals surface area contributed by atoms with Crippen LogP contribution in [0, 0.1) is 23.3 Å². The summed E-state index contributed by atoms with van der Waals surface area (Å²) in [5, 5.41) is 4.82. The summed E-state index contributed by atoms with van der Waals surface area (Å²) in [6.07, 6.45) is 0. The van der Waals surface area contributed by atoms with Crippen LogP contribution in [0.15, 0.2) is 47.7 Å². The van der Waals surface area contributed by atoms with Gasteiger partial charge in [0.15, 0.2) is 11.6 Å². The van der Waals surface area contributed by atoms with Gasteiger partial charge in [0.2, 0.25) is 0 Å². The van der Waals surface area contributed by atoms with Crippen LogP contribution in [0.5, 0.6) is 0 Å². The molecule has 2 N–H and O–H groups in total. The van der Waals surface area contributed by atoms with Crippen LogP contribution >= 0.6 is 0 Å². The van der Waals surface area contributed by atoms with Crippen molar-refractivity contribution in [2.75, 3.05) is 11.9 Å². The average Bonchev–Trinajstić information content (AvgIpc) is 2.64. The van der Waals surface area contributed by atoms with Gasteiger partial charge in [-0.3, -0.25) is 9.69 Å². The molecule has 0 unspecified atom stereocenters. The van der Waals surface area contributed by atoms with Crippen LogP contribution in [0.2, 0.25) is 0 Å². The lowest BCUT2D eigenvalue weighted by atomic mass is 9.93. The molecule has 2 aromatic rings. The number of halogens is 4. The number of carbonyl (C=O) groups excluding carboxylic acids is 2. The SMILES string of the molecule is CCN1C(=O)N[C@@H](c2c(F)cccc2F)C(C(=O)Nc2ccc(F)c(F)c2)=C1C. The summed E-state index contributed by atoms with van der Waals surface area (Å²) in [5.74, 6) is -4.96. The van der Waals surface area contributed by atoms with Gasteiger partial charge in [-0.05, 0) is 38.1 Å². The molecule has 1 atom stereocenters. The van der Waals surface area contributed by atoms with Gasteiger partial charge in [0.05, 0.1) is 17.2 Å². The topological polar surface area (TPSA) is 61.4 Å². The predicted octanol–water partition coefficient (Wildman–Crippen LogP) is 4.24. The van der Waals surface area contributed by atoms with Gasteiger partial charge in [-0.1, -0.05) is 6.07 Å². The van der Waals surface area contributed by atoms with E-state index in [1.54, 1.807) is 6.92 Å². The second kappa shape index (κ2) is 7.94. The molecule has 0 radical (unpaired) electrons. The molecule has 0 bridgehead atoms. The zero-order chi connectivity index (χ0) is 21.3. The Morgan fingerprint density at radius 1 is 1.07 bits per heavy atom. The van der Waals surface area contributed by atoms with Crippen LogP contribution in [0.25, 0.3) is 0 Å². The third kappa shape index (κ3) is 3.80. The molecular formula is C20H17F4N3O2. The molecule has 0 aliphatic carbocycles. The second-order valence-electron chi connectivity index (χ2n) is 6.34. The van der Waals surface area contributed by atoms with Gasteiger partial charge in [0.25, 0.3) is 5.91 Å². The summed E-state index contributed by atoms with van der Waals surface area (Å²) in [7, 11) is 0. The smallest absolute Gasteiger partial charge is 0.322 e. The van der Waals surface area contributed by atoms with Crippen molar-refractivity contribution in [2.24, 2.45) is 0 Å². The van der Waals surface area contributed by atoms with Crippen molar-refractivity contribution in [2.45, 2.75) is 19.9 Å². The highest BCUT2D eigenvalue weighted by atomic mass is 19.2. The highest BCUT2D eigenvalue weighted by Crippen LogP contribution is 2.34. The van der Waals surface area contributed by atoms with Crippen LogP contribution < -0.4 is 10.6 Å². The van der Waals surface area contributed by atoms with Crippen molar-refractivity contribution in [1.29, 1.82) is 0 Å². The molecule has 0 fully saturated rings. The summed E-state index contributed by atoms with van der Waals surface area (Å²) in [5.41, 5.74) is -0.488. The molecule has 3 rings (SSSR count). The summed E-state index contributed by atoms with van der Waals surface area (Å²) >= 11 is 0. The number of hydrogen-bond acceptors (Lipinski definition) is 2. The number of nitrogens with zero attached hydrogens (tertiary/aromatic N) is 1. The Morgan fingerprint density at radius 3 is 2.31 bits per heavy atom. The van der Waals surface area contributed by atoms with Gasteiger partial charge in [-0.15, -0.1) is 0 Å². The first-order chi connectivity index (χ1) is 13.7. The molecule has 5 nitrogen and oxygen atoms in total. The van der Waals surface area contributed by atoms with E-state index in [1.165, 1.54) is 11.8 Å². The van der Waals surface area contributed by atoms with Crippen molar-refractivity contribution in [3.63, 3.8) is 0 Å². The van der Waals surface area contributed by atoms with Gasteiger partial charge in [0.1, 0.15) is 11.6 Å². The lowest BCUT2D eigenvalue weighted by Gasteiger charge is -2.35. The monoisotopic (exact) mass is 407 g/mol. The van der Waals surface area contributed by atoms with E-state index >= 15 is 0 Å². The van der Waals surface area contributed by atoms with Gasteiger partial charge >= 0.3 is 6.03 Å². The molecule has 29 heavy (non-hydrogen) atoms. The number of rotatable bonds is 4. The van der Waals surface area contributed by atoms with Crippen molar-refractivity contribution in [3.8, 4) is 0 Å². The van der Waals surface area contributed by atoms with Crippen LogP contribution in [0.4, 0.5) is 28.0 Å². The largest absolute Gasteiger partial charge is 0.326 e. The van der Waals surface area contributed by atoms with Gasteiger partial charge in [-0.25, -0.2) is 22.4 Å². The fraction of sp³-hybridized carbons (Fsp3) is 0.200. The van der Waals surface area contributed by atoms with Crippen LogP contribution in [0.1, 0.15) is 25.5 Å². The first kappa shape index (κ1) is 20.4. The lowest BCUT2D eigenvalue weighted by Crippen LogP contribution is -2.48. The fourth-order valence-electron chi connectivity index (χ4n) is 3.23. The zero-order valence-corrected chi connectivity index (χ0v) is 15.5. The average molecular weight is 407 g/mol. The Morgan fingerprint density at radius 2 is 1.72 bits per heavy atom. The summed E-state index contributed by atoms with van der Waals surface area (Å²) in [6.45, 7) is 3.33. The minimum atomic E-state index is -1.41. The first-order valence-corrected chi connectivity index (χ1v) is 8.73. The Kier molecular flexibility index (Phi) is 5.58. The predicted molar refractivity (Wildman–Crippen MR) is 97.7 cm³/mol. The fourth-order valence-corrected chi connectivity index (χ4v) is 3.23. The minimum Gasteiger partial charge on any atom is -0.326 e. The molecular weight excluding hydrogens is 390 g/mol. The van der Waals surface area contributed by atoms with E-state index in [-0.39, 0.29) is 23.5 Å². The summed E-state index contributed by atoms with van der Waals surface area (Å²) in [4.78, 5) is 26.5. The molecule has 1 aliphatic heterocycles. The quantitative estimate of drug-likeness (QED) is 0.745. The molecule has 0 saturated carbocycles. The highest BCUT2D eigenvalue weighted by molar-refractivity contribution is 6.06. The molecule has 152 valence electrons. The van der Waals surface area contributed by atoms with Gasteiger partial charge < -0.3 is 10.6 Å². The Balaban J connectivity index is 2.08. The Hall–Kier alpha value is -3.36. The number of benzene rings is 2. The van der Waals surface area contributed by atoms with Gasteiger partial charge in [-0.2, -0.15) is 0 Å². The summed E-state index contributed by atoms with van der Waals surface area (Å²) < 4.78 is 55.3. The summed E-state index contributed by atoms with van der Waals surface area (Å²) in [6, 6.07) is 3.91. The number of hydrogen-bond donors (Lipinski definition) is 2. The number of urea groups is 1. The van der Waals surface area contributed by atoms with Crippen LogP contribution in [0.3, 0.4) is 0 Å². The Bertz CT molecular complexity index is 1000. The van der Waals surface area contributed by atoms with Crippen molar-refractivity contribution < 1.29 is 27.2 Å². The van der Waals surface area contributed by atoms with Gasteiger partial charge in [0, 0.05) is 24.0 Å². The zero-order valence-electron chi connectivity index (χ0n) is 15.5. The van der Waals surface area contributed by atoms with Crippen molar-refractivity contribution in [3.05, 3.63) is 76.5 Å². The normalized spacial score (nSPS) is 16.7. The van der Waals surface area contributed by atoms with Crippen molar-refractivity contribution >= 4 is 17.6 Å². The number of anilines is 1. The third-order valence-electron chi connectivity index (χ3n) is 4.62.